The third-order valence-corrected chi connectivity index (χ3v) is 3.56. The highest BCUT2D eigenvalue weighted by Gasteiger charge is 2.13. The van der Waals surface area contributed by atoms with Gasteiger partial charge in [-0.15, -0.1) is 0 Å². The zero-order valence-corrected chi connectivity index (χ0v) is 13.8. The first kappa shape index (κ1) is 16.6. The molecule has 0 aliphatic rings. The van der Waals surface area contributed by atoms with Gasteiger partial charge in [-0.25, -0.2) is 0 Å². The van der Waals surface area contributed by atoms with Crippen LogP contribution < -0.4 is 10.1 Å². The number of aromatic nitrogens is 3. The van der Waals surface area contributed by atoms with Gasteiger partial charge in [-0.3, -0.25) is 9.78 Å². The Hall–Kier alpha value is -3.22. The summed E-state index contributed by atoms with van der Waals surface area (Å²) in [5.41, 5.74) is 1.46. The average Bonchev–Trinajstić information content (AvgIpc) is 3.11. The van der Waals surface area contributed by atoms with Crippen molar-refractivity contribution in [1.82, 2.24) is 15.1 Å². The summed E-state index contributed by atoms with van der Waals surface area (Å²) in [6, 6.07) is 11.0. The first-order valence-electron chi connectivity index (χ1n) is 7.92. The van der Waals surface area contributed by atoms with Gasteiger partial charge in [0.05, 0.1) is 24.6 Å². The van der Waals surface area contributed by atoms with Gasteiger partial charge >= 0.3 is 0 Å². The van der Waals surface area contributed by atoms with Crippen molar-refractivity contribution in [3.63, 3.8) is 0 Å². The van der Waals surface area contributed by atoms with E-state index in [1.807, 2.05) is 24.3 Å². The molecule has 25 heavy (non-hydrogen) atoms. The normalized spacial score (nSPS) is 10.4. The summed E-state index contributed by atoms with van der Waals surface area (Å²) in [6.45, 7) is 0. The Balaban J connectivity index is 1.53. The van der Waals surface area contributed by atoms with Crippen LogP contribution in [0.4, 0.5) is 5.69 Å². The van der Waals surface area contributed by atoms with Crippen LogP contribution in [-0.2, 0) is 11.2 Å². The first-order chi connectivity index (χ1) is 12.3. The summed E-state index contributed by atoms with van der Waals surface area (Å²) in [6.07, 6.45) is 4.77. The number of aryl methyl sites for hydroxylation is 1. The van der Waals surface area contributed by atoms with Crippen LogP contribution in [0.5, 0.6) is 5.75 Å². The summed E-state index contributed by atoms with van der Waals surface area (Å²) >= 11 is 0. The van der Waals surface area contributed by atoms with Gasteiger partial charge in [-0.1, -0.05) is 17.3 Å². The van der Waals surface area contributed by atoms with E-state index in [9.17, 15) is 4.79 Å². The molecule has 0 aliphatic heterocycles. The van der Waals surface area contributed by atoms with Crippen LogP contribution >= 0.6 is 0 Å². The molecule has 0 atom stereocenters. The monoisotopic (exact) mass is 338 g/mol. The largest absolute Gasteiger partial charge is 0.496 e. The maximum atomic E-state index is 11.9. The topological polar surface area (TPSA) is 90.1 Å². The molecule has 2 heterocycles. The number of hydrogen-bond acceptors (Lipinski definition) is 6. The number of rotatable bonds is 7. The van der Waals surface area contributed by atoms with Gasteiger partial charge in [0.25, 0.3) is 0 Å². The molecule has 0 fully saturated rings. The molecule has 0 radical (unpaired) electrons. The quantitative estimate of drug-likeness (QED) is 0.712. The Morgan fingerprint density at radius 1 is 1.24 bits per heavy atom. The van der Waals surface area contributed by atoms with Crippen LogP contribution in [0.3, 0.4) is 0 Å². The molecule has 0 saturated carbocycles. The fourth-order valence-corrected chi connectivity index (χ4v) is 2.36. The van der Waals surface area contributed by atoms with Crippen LogP contribution in [0.2, 0.25) is 0 Å². The summed E-state index contributed by atoms with van der Waals surface area (Å²) < 4.78 is 10.6. The number of carbonyl (C=O) groups excluding carboxylic acids is 1. The number of pyridine rings is 1. The second kappa shape index (κ2) is 8.05. The molecule has 0 unspecified atom stereocenters. The molecule has 3 aromatic rings. The van der Waals surface area contributed by atoms with E-state index in [0.29, 0.717) is 42.4 Å². The number of nitrogens with one attached hydrogen (secondary N) is 1. The van der Waals surface area contributed by atoms with Crippen molar-refractivity contribution in [2.24, 2.45) is 0 Å². The van der Waals surface area contributed by atoms with E-state index in [2.05, 4.69) is 20.4 Å². The van der Waals surface area contributed by atoms with Gasteiger partial charge in [0.2, 0.25) is 17.6 Å². The SMILES string of the molecule is COc1ccccc1-c1noc(CCCC(=O)Nc2cccnc2)n1. The number of para-hydroxylation sites is 1. The minimum absolute atomic E-state index is 0.0718. The zero-order chi connectivity index (χ0) is 17.5. The fraction of sp³-hybridized carbons (Fsp3) is 0.222. The number of nitrogens with zero attached hydrogens (tertiary/aromatic N) is 3. The van der Waals surface area contributed by atoms with Crippen LogP contribution in [0.25, 0.3) is 11.4 Å². The van der Waals surface area contributed by atoms with Crippen LogP contribution in [0.1, 0.15) is 18.7 Å². The van der Waals surface area contributed by atoms with Crippen LogP contribution in [-0.4, -0.2) is 28.1 Å². The first-order valence-corrected chi connectivity index (χ1v) is 7.92. The zero-order valence-electron chi connectivity index (χ0n) is 13.8. The van der Waals surface area contributed by atoms with E-state index < -0.39 is 0 Å². The summed E-state index contributed by atoms with van der Waals surface area (Å²) in [5, 5.41) is 6.78. The van der Waals surface area contributed by atoms with E-state index in [0.717, 1.165) is 5.56 Å². The van der Waals surface area contributed by atoms with Crippen molar-refractivity contribution in [1.29, 1.82) is 0 Å². The highest BCUT2D eigenvalue weighted by Crippen LogP contribution is 2.27. The van der Waals surface area contributed by atoms with E-state index in [1.165, 1.54) is 0 Å². The molecule has 0 aliphatic carbocycles. The van der Waals surface area contributed by atoms with Crippen molar-refractivity contribution in [3.8, 4) is 17.1 Å². The molecule has 0 saturated heterocycles. The van der Waals surface area contributed by atoms with E-state index in [-0.39, 0.29) is 5.91 Å². The summed E-state index contributed by atoms with van der Waals surface area (Å²) in [4.78, 5) is 20.2. The molecule has 0 bridgehead atoms. The number of carbonyl (C=O) groups is 1. The van der Waals surface area contributed by atoms with Crippen LogP contribution in [0.15, 0.2) is 53.3 Å². The standard InChI is InChI=1S/C18H18N4O3/c1-24-15-8-3-2-7-14(15)18-21-17(25-22-18)10-4-9-16(23)20-13-6-5-11-19-12-13/h2-3,5-8,11-12H,4,9-10H2,1H3,(H,20,23). The second-order valence-electron chi connectivity index (χ2n) is 5.36. The smallest absolute Gasteiger partial charge is 0.226 e. The molecule has 2 aromatic heterocycles. The maximum absolute atomic E-state index is 11.9. The lowest BCUT2D eigenvalue weighted by Crippen LogP contribution is -2.11. The molecular formula is C18H18N4O3. The van der Waals surface area contributed by atoms with Crippen molar-refractivity contribution in [2.45, 2.75) is 19.3 Å². The third-order valence-electron chi connectivity index (χ3n) is 3.56. The third kappa shape index (κ3) is 4.41. The van der Waals surface area contributed by atoms with E-state index in [1.54, 1.807) is 31.6 Å². The van der Waals surface area contributed by atoms with Crippen molar-refractivity contribution >= 4 is 11.6 Å². The molecule has 7 nitrogen and oxygen atoms in total. The lowest BCUT2D eigenvalue weighted by molar-refractivity contribution is -0.116. The Morgan fingerprint density at radius 2 is 2.12 bits per heavy atom. The van der Waals surface area contributed by atoms with Crippen molar-refractivity contribution < 1.29 is 14.1 Å². The van der Waals surface area contributed by atoms with E-state index in [4.69, 9.17) is 9.26 Å². The minimum atomic E-state index is -0.0718. The molecule has 1 aromatic carbocycles. The van der Waals surface area contributed by atoms with Gasteiger partial charge in [-0.2, -0.15) is 4.98 Å². The predicted octanol–water partition coefficient (Wildman–Crippen LogP) is 3.10. The molecular weight excluding hydrogens is 320 g/mol. The number of anilines is 1. The lowest BCUT2D eigenvalue weighted by atomic mass is 10.2. The highest BCUT2D eigenvalue weighted by molar-refractivity contribution is 5.90. The van der Waals surface area contributed by atoms with Crippen molar-refractivity contribution in [2.75, 3.05) is 12.4 Å². The summed E-state index contributed by atoms with van der Waals surface area (Å²) in [7, 11) is 1.60. The van der Waals surface area contributed by atoms with E-state index >= 15 is 0 Å². The number of methoxy groups -OCH3 is 1. The van der Waals surface area contributed by atoms with Gasteiger partial charge in [0, 0.05) is 19.0 Å². The minimum Gasteiger partial charge on any atom is -0.496 e. The number of benzene rings is 1. The van der Waals surface area contributed by atoms with Gasteiger partial charge in [-0.05, 0) is 30.7 Å². The number of hydrogen-bond donors (Lipinski definition) is 1. The predicted molar refractivity (Wildman–Crippen MR) is 92.1 cm³/mol. The Bertz CT molecular complexity index is 833. The maximum Gasteiger partial charge on any atom is 0.226 e. The lowest BCUT2D eigenvalue weighted by Gasteiger charge is -2.03. The molecule has 128 valence electrons. The molecule has 1 amide bonds. The second-order valence-corrected chi connectivity index (χ2v) is 5.36. The molecule has 1 N–H and O–H groups in total. The molecule has 3 rings (SSSR count). The molecule has 0 spiro atoms. The van der Waals surface area contributed by atoms with Gasteiger partial charge in [0.1, 0.15) is 5.75 Å². The Labute approximate surface area is 145 Å². The number of ether oxygens (including phenoxy) is 1. The Morgan fingerprint density at radius 3 is 2.92 bits per heavy atom. The average molecular weight is 338 g/mol. The fourth-order valence-electron chi connectivity index (χ4n) is 2.36. The Kier molecular flexibility index (Phi) is 5.36. The van der Waals surface area contributed by atoms with Crippen LogP contribution in [0, 0.1) is 0 Å². The number of amides is 1. The van der Waals surface area contributed by atoms with Gasteiger partial charge < -0.3 is 14.6 Å². The highest BCUT2D eigenvalue weighted by atomic mass is 16.5. The molecule has 7 heteroatoms. The van der Waals surface area contributed by atoms with Crippen molar-refractivity contribution in [3.05, 3.63) is 54.7 Å². The van der Waals surface area contributed by atoms with Gasteiger partial charge in [0.15, 0.2) is 0 Å². The summed E-state index contributed by atoms with van der Waals surface area (Å²) in [5.74, 6) is 1.59.